The molecule has 0 N–H and O–H groups in total. The van der Waals surface area contributed by atoms with Crippen LogP contribution in [-0.2, 0) is 10.3 Å². The smallest absolute Gasteiger partial charge is 0.224 e. The number of fused-ring (bicyclic) bond motifs is 1. The average molecular weight is 368 g/mol. The Morgan fingerprint density at radius 3 is 1.80 bits per heavy atom. The Balaban J connectivity index is 2.06. The van der Waals surface area contributed by atoms with E-state index < -0.39 is 10.4 Å². The Bertz CT molecular complexity index is 868. The minimum atomic E-state index is -0.849. The number of para-hydroxylation sites is 1. The molecule has 0 aromatic heterocycles. The van der Waals surface area contributed by atoms with Gasteiger partial charge in [-0.15, -0.1) is 0 Å². The summed E-state index contributed by atoms with van der Waals surface area (Å²) in [6, 6.07) is 28.1. The zero-order valence-electron chi connectivity index (χ0n) is 13.3. The van der Waals surface area contributed by atoms with Gasteiger partial charge in [-0.1, -0.05) is 102 Å². The monoisotopic (exact) mass is 367 g/mol. The summed E-state index contributed by atoms with van der Waals surface area (Å²) in [6.45, 7) is 0. The maximum atomic E-state index is 6.42. The van der Waals surface area contributed by atoms with Crippen LogP contribution in [0.3, 0.4) is 0 Å². The number of rotatable bonds is 3. The second-order valence-corrected chi connectivity index (χ2v) is 6.88. The molecule has 1 aliphatic rings. The summed E-state index contributed by atoms with van der Waals surface area (Å²) in [5, 5.41) is 0. The van der Waals surface area contributed by atoms with Crippen LogP contribution in [0.1, 0.15) is 16.7 Å². The minimum Gasteiger partial charge on any atom is -0.457 e. The molecule has 0 atom stereocenters. The predicted octanol–water partition coefficient (Wildman–Crippen LogP) is 5.84. The van der Waals surface area contributed by atoms with Crippen molar-refractivity contribution >= 4 is 34.8 Å². The van der Waals surface area contributed by atoms with E-state index in [2.05, 4.69) is 4.99 Å². The van der Waals surface area contributed by atoms with Crippen LogP contribution in [0, 0.1) is 0 Å². The Labute approximate surface area is 156 Å². The summed E-state index contributed by atoms with van der Waals surface area (Å²) in [5.74, 6) is 0.301. The third-order valence-electron chi connectivity index (χ3n) is 4.32. The summed E-state index contributed by atoms with van der Waals surface area (Å²) < 4.78 is 6.42. The van der Waals surface area contributed by atoms with Gasteiger partial charge in [-0.05, 0) is 6.07 Å². The molecule has 4 heteroatoms. The lowest BCUT2D eigenvalue weighted by atomic mass is 9.78. The first kappa shape index (κ1) is 16.2. The highest BCUT2D eigenvalue weighted by Crippen LogP contribution is 2.47. The van der Waals surface area contributed by atoms with Gasteiger partial charge in [0.15, 0.2) is 10.4 Å². The van der Waals surface area contributed by atoms with Gasteiger partial charge in [-0.2, -0.15) is 0 Å². The fourth-order valence-electron chi connectivity index (χ4n) is 3.26. The summed E-state index contributed by atoms with van der Waals surface area (Å²) in [5.41, 5.74) is 2.91. The zero-order chi connectivity index (χ0) is 17.3. The van der Waals surface area contributed by atoms with Crippen LogP contribution in [0.4, 0.5) is 5.69 Å². The maximum Gasteiger partial charge on any atom is 0.224 e. The van der Waals surface area contributed by atoms with Gasteiger partial charge in [0.05, 0.1) is 5.69 Å². The highest BCUT2D eigenvalue weighted by molar-refractivity contribution is 6.53. The molecule has 0 aliphatic carbocycles. The quantitative estimate of drug-likeness (QED) is 0.532. The molecule has 0 saturated heterocycles. The molecule has 0 amide bonds. The molecule has 25 heavy (non-hydrogen) atoms. The number of benzene rings is 3. The number of hydrogen-bond acceptors (Lipinski definition) is 2. The van der Waals surface area contributed by atoms with Gasteiger partial charge in [0, 0.05) is 16.7 Å². The lowest BCUT2D eigenvalue weighted by Crippen LogP contribution is -2.39. The molecule has 3 aromatic carbocycles. The molecular formula is C21H15Cl2NO. The highest BCUT2D eigenvalue weighted by Gasteiger charge is 2.44. The van der Waals surface area contributed by atoms with Crippen molar-refractivity contribution in [3.05, 3.63) is 102 Å². The molecule has 3 aromatic rings. The summed E-state index contributed by atoms with van der Waals surface area (Å²) in [4.78, 5) is 3.67. The average Bonchev–Trinajstić information content (AvgIpc) is 2.68. The minimum absolute atomic E-state index is 0.301. The fourth-order valence-corrected chi connectivity index (χ4v) is 3.44. The van der Waals surface area contributed by atoms with Crippen LogP contribution >= 0.6 is 23.2 Å². The van der Waals surface area contributed by atoms with Crippen molar-refractivity contribution in [2.24, 2.45) is 4.99 Å². The second kappa shape index (κ2) is 6.55. The van der Waals surface area contributed by atoms with Crippen LogP contribution in [-0.4, -0.2) is 10.7 Å². The Hall–Kier alpha value is -2.29. The molecule has 0 bridgehead atoms. The van der Waals surface area contributed by atoms with Crippen molar-refractivity contribution < 1.29 is 4.74 Å². The fraction of sp³-hybridized carbons (Fsp3) is 0.0952. The van der Waals surface area contributed by atoms with Gasteiger partial charge in [0.25, 0.3) is 0 Å². The first-order valence-corrected chi connectivity index (χ1v) is 8.85. The zero-order valence-corrected chi connectivity index (χ0v) is 14.8. The van der Waals surface area contributed by atoms with Crippen molar-refractivity contribution in [2.45, 2.75) is 10.4 Å². The van der Waals surface area contributed by atoms with Crippen LogP contribution in [0.25, 0.3) is 0 Å². The van der Waals surface area contributed by atoms with Gasteiger partial charge >= 0.3 is 0 Å². The normalized spacial score (nSPS) is 15.2. The van der Waals surface area contributed by atoms with Crippen LogP contribution in [0.2, 0.25) is 0 Å². The first-order chi connectivity index (χ1) is 12.2. The van der Waals surface area contributed by atoms with Crippen LogP contribution < -0.4 is 0 Å². The molecule has 4 rings (SSSR count). The van der Waals surface area contributed by atoms with Gasteiger partial charge < -0.3 is 4.74 Å². The van der Waals surface area contributed by atoms with Crippen LogP contribution in [0.5, 0.6) is 0 Å². The van der Waals surface area contributed by atoms with E-state index in [4.69, 9.17) is 27.9 Å². The van der Waals surface area contributed by atoms with Gasteiger partial charge in [-0.25, -0.2) is 4.99 Å². The number of alkyl halides is 2. The van der Waals surface area contributed by atoms with E-state index in [1.54, 1.807) is 0 Å². The van der Waals surface area contributed by atoms with E-state index in [1.165, 1.54) is 0 Å². The van der Waals surface area contributed by atoms with Gasteiger partial charge in [-0.3, -0.25) is 0 Å². The van der Waals surface area contributed by atoms with E-state index >= 15 is 0 Å². The van der Waals surface area contributed by atoms with Crippen LogP contribution in [0.15, 0.2) is 89.9 Å². The molecule has 124 valence electrons. The van der Waals surface area contributed by atoms with Crippen molar-refractivity contribution in [3.8, 4) is 0 Å². The predicted molar refractivity (Wildman–Crippen MR) is 103 cm³/mol. The molecule has 0 radical (unpaired) electrons. The number of halogens is 2. The molecule has 0 spiro atoms. The molecule has 0 saturated carbocycles. The number of ether oxygens (including phenoxy) is 1. The maximum absolute atomic E-state index is 6.42. The van der Waals surface area contributed by atoms with Crippen molar-refractivity contribution in [2.75, 3.05) is 0 Å². The van der Waals surface area contributed by atoms with Crippen molar-refractivity contribution in [1.82, 2.24) is 0 Å². The van der Waals surface area contributed by atoms with E-state index in [0.29, 0.717) is 5.90 Å². The van der Waals surface area contributed by atoms with E-state index in [1.807, 2.05) is 84.9 Å². The first-order valence-electron chi connectivity index (χ1n) is 7.98. The van der Waals surface area contributed by atoms with Gasteiger partial charge in [0.2, 0.25) is 5.90 Å². The third-order valence-corrected chi connectivity index (χ3v) is 4.69. The van der Waals surface area contributed by atoms with E-state index in [9.17, 15) is 0 Å². The number of hydrogen-bond donors (Lipinski definition) is 0. The SMILES string of the molecule is ClC(Cl)C1=Nc2ccccc2C(c2ccccc2)(c2ccccc2)O1. The van der Waals surface area contributed by atoms with Gasteiger partial charge in [0.1, 0.15) is 0 Å². The summed E-state index contributed by atoms with van der Waals surface area (Å²) in [7, 11) is 0. The lowest BCUT2D eigenvalue weighted by Gasteiger charge is -2.39. The second-order valence-electron chi connectivity index (χ2n) is 5.78. The molecule has 1 heterocycles. The summed E-state index contributed by atoms with van der Waals surface area (Å²) >= 11 is 12.3. The Morgan fingerprint density at radius 1 is 0.720 bits per heavy atom. The molecule has 0 unspecified atom stereocenters. The lowest BCUT2D eigenvalue weighted by molar-refractivity contribution is 0.134. The number of aliphatic imine (C=N–C) groups is 1. The molecule has 2 nitrogen and oxygen atoms in total. The number of nitrogens with zero attached hydrogens (tertiary/aromatic N) is 1. The molecule has 0 fully saturated rings. The topological polar surface area (TPSA) is 21.6 Å². The summed E-state index contributed by atoms with van der Waals surface area (Å²) in [6.07, 6.45) is 0. The van der Waals surface area contributed by atoms with Crippen molar-refractivity contribution in [1.29, 1.82) is 0 Å². The Kier molecular flexibility index (Phi) is 4.24. The largest absolute Gasteiger partial charge is 0.457 e. The van der Waals surface area contributed by atoms with E-state index in [0.717, 1.165) is 22.4 Å². The molecular weight excluding hydrogens is 353 g/mol. The molecule has 1 aliphatic heterocycles. The van der Waals surface area contributed by atoms with E-state index in [-0.39, 0.29) is 0 Å². The Morgan fingerprint density at radius 2 is 1.24 bits per heavy atom. The standard InChI is InChI=1S/C21H15Cl2NO/c22-19(23)20-24-18-14-8-7-13-17(18)21(25-20,15-9-3-1-4-10-15)16-11-5-2-6-12-16/h1-14,19H. The highest BCUT2D eigenvalue weighted by atomic mass is 35.5. The third kappa shape index (κ3) is 2.72. The van der Waals surface area contributed by atoms with Crippen molar-refractivity contribution in [3.63, 3.8) is 0 Å².